The Hall–Kier alpha value is -1.53. The number of fused-ring (bicyclic) bond motifs is 3. The average molecular weight is 362 g/mol. The minimum Gasteiger partial charge on any atom is -0.369 e. The summed E-state index contributed by atoms with van der Waals surface area (Å²) in [5.41, 5.74) is 5.11. The normalized spacial score (nSPS) is 40.0. The molecule has 0 amide bonds. The van der Waals surface area contributed by atoms with Crippen LogP contribution >= 0.6 is 7.60 Å². The molecule has 7 N–H and O–H groups in total. The summed E-state index contributed by atoms with van der Waals surface area (Å²) < 4.78 is 27.2. The third-order valence-electron chi connectivity index (χ3n) is 4.27. The zero-order valence-corrected chi connectivity index (χ0v) is 13.0. The molecule has 3 aliphatic heterocycles. The highest BCUT2D eigenvalue weighted by atomic mass is 31.2. The lowest BCUT2D eigenvalue weighted by molar-refractivity contribution is -0.372. The van der Waals surface area contributed by atoms with Gasteiger partial charge in [0.05, 0.1) is 11.5 Å². The first-order valence-electron chi connectivity index (χ1n) is 7.04. The number of ether oxygens (including phenoxy) is 2. The number of nitrogen functional groups attached to an aromatic ring is 1. The summed E-state index contributed by atoms with van der Waals surface area (Å²) >= 11 is 0. The summed E-state index contributed by atoms with van der Waals surface area (Å²) in [5, 5.41) is 23.8. The fraction of sp³-hybridized carbons (Fsp3) is 0.636. The van der Waals surface area contributed by atoms with E-state index in [2.05, 4.69) is 15.3 Å². The summed E-state index contributed by atoms with van der Waals surface area (Å²) in [5.74, 6) is -3.59. The highest BCUT2D eigenvalue weighted by Crippen LogP contribution is 2.53. The maximum Gasteiger partial charge on any atom is 0.354 e. The van der Waals surface area contributed by atoms with E-state index in [0.29, 0.717) is 0 Å². The standard InChI is InChI=1S/C11H15N4O8P/c12-10-14-6-3(7(16)15-10)1-4-8(13-6)22-9-5(11(4,17)18)23-24(19,20)2-21-9/h4-5,8-9,17-18H,1-2H2,(H,19,20)(H4,12,13,14,15,16)/t4-,5+,8-,9+/m1/s1. The topological polar surface area (TPSA) is 189 Å². The summed E-state index contributed by atoms with van der Waals surface area (Å²) in [6.07, 6.45) is -4.60. The molecule has 5 atom stereocenters. The van der Waals surface area contributed by atoms with Gasteiger partial charge in [-0.05, 0) is 6.42 Å². The van der Waals surface area contributed by atoms with Gasteiger partial charge in [0, 0.05) is 0 Å². The zero-order chi connectivity index (χ0) is 17.3. The van der Waals surface area contributed by atoms with Crippen LogP contribution in [0.15, 0.2) is 4.79 Å². The third kappa shape index (κ3) is 2.35. The van der Waals surface area contributed by atoms with Crippen LogP contribution in [-0.2, 0) is 25.0 Å². The van der Waals surface area contributed by atoms with Gasteiger partial charge in [0.2, 0.25) is 11.7 Å². The number of nitrogens with two attached hydrogens (primary N) is 1. The summed E-state index contributed by atoms with van der Waals surface area (Å²) in [4.78, 5) is 27.8. The van der Waals surface area contributed by atoms with E-state index in [4.69, 9.17) is 19.7 Å². The van der Waals surface area contributed by atoms with Gasteiger partial charge in [-0.3, -0.25) is 18.9 Å². The van der Waals surface area contributed by atoms with Gasteiger partial charge < -0.3 is 35.6 Å². The molecule has 2 saturated heterocycles. The van der Waals surface area contributed by atoms with Gasteiger partial charge >= 0.3 is 7.60 Å². The van der Waals surface area contributed by atoms with Gasteiger partial charge in [-0.25, -0.2) is 0 Å². The van der Waals surface area contributed by atoms with Gasteiger partial charge in [0.15, 0.2) is 18.7 Å². The van der Waals surface area contributed by atoms with Gasteiger partial charge in [-0.15, -0.1) is 0 Å². The number of anilines is 2. The molecule has 13 heteroatoms. The molecule has 3 aliphatic rings. The number of aromatic nitrogens is 2. The molecule has 0 radical (unpaired) electrons. The van der Waals surface area contributed by atoms with Crippen molar-refractivity contribution in [2.75, 3.05) is 17.4 Å². The van der Waals surface area contributed by atoms with E-state index in [9.17, 15) is 24.5 Å². The van der Waals surface area contributed by atoms with Crippen molar-refractivity contribution < 1.29 is 33.7 Å². The van der Waals surface area contributed by atoms with E-state index < -0.39 is 49.8 Å². The molecule has 12 nitrogen and oxygen atoms in total. The molecule has 132 valence electrons. The van der Waals surface area contributed by atoms with Gasteiger partial charge in [-0.1, -0.05) is 0 Å². The van der Waals surface area contributed by atoms with Crippen molar-refractivity contribution in [3.63, 3.8) is 0 Å². The van der Waals surface area contributed by atoms with Crippen LogP contribution in [0.1, 0.15) is 5.56 Å². The molecule has 1 aromatic heterocycles. The summed E-state index contributed by atoms with van der Waals surface area (Å²) in [6.45, 7) is 0. The van der Waals surface area contributed by atoms with Crippen LogP contribution in [0.4, 0.5) is 11.8 Å². The Kier molecular flexibility index (Phi) is 3.32. The van der Waals surface area contributed by atoms with E-state index in [1.165, 1.54) is 0 Å². The maximum atomic E-state index is 12.0. The molecule has 4 heterocycles. The molecule has 2 fully saturated rings. The average Bonchev–Trinajstić information content (AvgIpc) is 2.47. The maximum absolute atomic E-state index is 12.0. The Balaban J connectivity index is 1.73. The predicted octanol–water partition coefficient (Wildman–Crippen LogP) is -2.14. The molecular weight excluding hydrogens is 347 g/mol. The van der Waals surface area contributed by atoms with Crippen molar-refractivity contribution in [3.8, 4) is 0 Å². The van der Waals surface area contributed by atoms with E-state index in [1.54, 1.807) is 0 Å². The Morgan fingerprint density at radius 2 is 2.17 bits per heavy atom. The molecule has 1 aromatic rings. The monoisotopic (exact) mass is 362 g/mol. The first kappa shape index (κ1) is 16.0. The predicted molar refractivity (Wildman–Crippen MR) is 76.6 cm³/mol. The second kappa shape index (κ2) is 4.99. The Labute approximate surface area is 134 Å². The SMILES string of the molecule is Nc1nc2c(c(=O)[nH]1)C[C@@H]1[C@H](N2)O[C@@H]2OCP(=O)(O)O[C@@H]2C1(O)O. The van der Waals surface area contributed by atoms with Crippen molar-refractivity contribution in [1.82, 2.24) is 9.97 Å². The lowest BCUT2D eigenvalue weighted by Gasteiger charge is -2.52. The lowest BCUT2D eigenvalue weighted by Crippen LogP contribution is -2.68. The molecule has 0 aliphatic carbocycles. The number of hydrogen-bond donors (Lipinski definition) is 6. The van der Waals surface area contributed by atoms with Crippen LogP contribution in [0.2, 0.25) is 0 Å². The fourth-order valence-corrected chi connectivity index (χ4v) is 4.15. The second-order valence-corrected chi connectivity index (χ2v) is 7.64. The first-order valence-corrected chi connectivity index (χ1v) is 8.81. The number of nitrogens with one attached hydrogen (secondary N) is 2. The summed E-state index contributed by atoms with van der Waals surface area (Å²) in [7, 11) is -4.12. The second-order valence-electron chi connectivity index (χ2n) is 5.90. The van der Waals surface area contributed by atoms with E-state index in [-0.39, 0.29) is 23.8 Å². The van der Waals surface area contributed by atoms with Crippen LogP contribution < -0.4 is 16.6 Å². The van der Waals surface area contributed by atoms with Crippen molar-refractivity contribution in [1.29, 1.82) is 0 Å². The number of hydrogen-bond acceptors (Lipinski definition) is 10. The Bertz CT molecular complexity index is 797. The number of H-pyrrole nitrogens is 1. The fourth-order valence-electron chi connectivity index (χ4n) is 3.14. The quantitative estimate of drug-likeness (QED) is 0.218. The highest BCUT2D eigenvalue weighted by molar-refractivity contribution is 7.52. The molecule has 0 saturated carbocycles. The third-order valence-corrected chi connectivity index (χ3v) is 5.31. The van der Waals surface area contributed by atoms with Crippen LogP contribution in [0.5, 0.6) is 0 Å². The van der Waals surface area contributed by atoms with Gasteiger partial charge in [0.25, 0.3) is 5.56 Å². The molecule has 0 bridgehead atoms. The minimum absolute atomic E-state index is 0.101. The van der Waals surface area contributed by atoms with Crippen LogP contribution in [0, 0.1) is 5.92 Å². The Morgan fingerprint density at radius 3 is 2.92 bits per heavy atom. The summed E-state index contributed by atoms with van der Waals surface area (Å²) in [6, 6.07) is 0. The van der Waals surface area contributed by atoms with Crippen molar-refractivity contribution in [2.24, 2.45) is 5.92 Å². The molecular formula is C11H15N4O8P. The number of nitrogens with zero attached hydrogens (tertiary/aromatic N) is 1. The van der Waals surface area contributed by atoms with Crippen molar-refractivity contribution >= 4 is 19.4 Å². The minimum atomic E-state index is -4.12. The van der Waals surface area contributed by atoms with E-state index in [1.807, 2.05) is 0 Å². The van der Waals surface area contributed by atoms with E-state index >= 15 is 0 Å². The van der Waals surface area contributed by atoms with Crippen molar-refractivity contribution in [2.45, 2.75) is 30.8 Å². The zero-order valence-electron chi connectivity index (χ0n) is 12.1. The highest BCUT2D eigenvalue weighted by Gasteiger charge is 2.61. The van der Waals surface area contributed by atoms with Crippen molar-refractivity contribution in [3.05, 3.63) is 15.9 Å². The largest absolute Gasteiger partial charge is 0.369 e. The number of aromatic amines is 1. The molecule has 1 unspecified atom stereocenters. The van der Waals surface area contributed by atoms with Gasteiger partial charge in [-0.2, -0.15) is 4.98 Å². The molecule has 0 aromatic carbocycles. The molecule has 0 spiro atoms. The molecule has 4 rings (SSSR count). The van der Waals surface area contributed by atoms with Crippen LogP contribution in [0.3, 0.4) is 0 Å². The van der Waals surface area contributed by atoms with E-state index in [0.717, 1.165) is 0 Å². The first-order chi connectivity index (χ1) is 11.2. The lowest BCUT2D eigenvalue weighted by atomic mass is 9.82. The number of rotatable bonds is 0. The van der Waals surface area contributed by atoms with Gasteiger partial charge in [0.1, 0.15) is 12.0 Å². The number of aliphatic hydroxyl groups is 2. The van der Waals surface area contributed by atoms with Crippen LogP contribution in [0.25, 0.3) is 0 Å². The molecule has 24 heavy (non-hydrogen) atoms. The Morgan fingerprint density at radius 1 is 1.42 bits per heavy atom. The smallest absolute Gasteiger partial charge is 0.354 e. The van der Waals surface area contributed by atoms with Crippen LogP contribution in [-0.4, -0.2) is 55.8 Å².